The fourth-order valence-electron chi connectivity index (χ4n) is 2.61. The van der Waals surface area contributed by atoms with Crippen LogP contribution >= 0.6 is 0 Å². The van der Waals surface area contributed by atoms with Gasteiger partial charge >= 0.3 is 10.1 Å². The molecule has 0 aliphatic heterocycles. The van der Waals surface area contributed by atoms with Crippen molar-refractivity contribution in [3.63, 3.8) is 0 Å². The van der Waals surface area contributed by atoms with Crippen molar-refractivity contribution < 1.29 is 31.6 Å². The predicted molar refractivity (Wildman–Crippen MR) is 108 cm³/mol. The lowest BCUT2D eigenvalue weighted by Gasteiger charge is -2.23. The van der Waals surface area contributed by atoms with Gasteiger partial charge in [0.2, 0.25) is 0 Å². The second kappa shape index (κ2) is 10.1. The minimum Gasteiger partial charge on any atom is -0.497 e. The second-order valence-electron chi connectivity index (χ2n) is 6.25. The van der Waals surface area contributed by atoms with Crippen LogP contribution in [0.5, 0.6) is 17.2 Å². The van der Waals surface area contributed by atoms with Crippen LogP contribution in [-0.4, -0.2) is 60.0 Å². The Morgan fingerprint density at radius 1 is 0.931 bits per heavy atom. The molecule has 9 heteroatoms. The highest BCUT2D eigenvalue weighted by Gasteiger charge is 2.18. The number of carbonyl (C=O) groups is 1. The zero-order valence-corrected chi connectivity index (χ0v) is 17.7. The van der Waals surface area contributed by atoms with Crippen LogP contribution in [0.1, 0.15) is 15.9 Å². The van der Waals surface area contributed by atoms with Crippen LogP contribution in [0.4, 0.5) is 0 Å². The highest BCUT2D eigenvalue weighted by atomic mass is 32.2. The lowest BCUT2D eigenvalue weighted by atomic mass is 10.1. The summed E-state index contributed by atoms with van der Waals surface area (Å²) in [4.78, 5) is 14.7. The average molecular weight is 423 g/mol. The maximum absolute atomic E-state index is 13.1. The molecule has 0 spiro atoms. The molecule has 29 heavy (non-hydrogen) atoms. The van der Waals surface area contributed by atoms with Crippen LogP contribution < -0.4 is 13.7 Å². The predicted octanol–water partition coefficient (Wildman–Crippen LogP) is 2.33. The fourth-order valence-corrected chi connectivity index (χ4v) is 3.07. The zero-order valence-electron chi connectivity index (χ0n) is 16.9. The van der Waals surface area contributed by atoms with Crippen molar-refractivity contribution in [1.29, 1.82) is 0 Å². The maximum Gasteiger partial charge on any atom is 0.306 e. The lowest BCUT2D eigenvalue weighted by Crippen LogP contribution is -2.33. The normalized spacial score (nSPS) is 11.0. The van der Waals surface area contributed by atoms with Gasteiger partial charge in [0.25, 0.3) is 5.91 Å². The molecular formula is C20H25NO7S. The van der Waals surface area contributed by atoms with Gasteiger partial charge in [-0.05, 0) is 29.8 Å². The number of amides is 1. The molecule has 0 aliphatic rings. The highest BCUT2D eigenvalue weighted by Crippen LogP contribution is 2.24. The molecule has 0 unspecified atom stereocenters. The summed E-state index contributed by atoms with van der Waals surface area (Å²) in [6.45, 7) is 1.04. The van der Waals surface area contributed by atoms with Crippen molar-refractivity contribution in [3.05, 3.63) is 53.6 Å². The summed E-state index contributed by atoms with van der Waals surface area (Å²) in [6, 6.07) is 11.5. The number of hydrogen-bond acceptors (Lipinski definition) is 7. The molecule has 0 radical (unpaired) electrons. The first-order chi connectivity index (χ1) is 13.8. The van der Waals surface area contributed by atoms with E-state index in [1.165, 1.54) is 14.2 Å². The Balaban J connectivity index is 2.23. The Hall–Kier alpha value is -2.78. The molecule has 0 saturated carbocycles. The van der Waals surface area contributed by atoms with E-state index < -0.39 is 10.1 Å². The molecule has 2 aromatic rings. The topological polar surface area (TPSA) is 91.4 Å². The Kier molecular flexibility index (Phi) is 7.86. The third-order valence-corrected chi connectivity index (χ3v) is 4.49. The molecule has 0 N–H and O–H groups in total. The van der Waals surface area contributed by atoms with Gasteiger partial charge in [0.15, 0.2) is 0 Å². The summed E-state index contributed by atoms with van der Waals surface area (Å²) in [7, 11) is 1.01. The molecular weight excluding hydrogens is 398 g/mol. The van der Waals surface area contributed by atoms with E-state index in [9.17, 15) is 13.2 Å². The van der Waals surface area contributed by atoms with Crippen LogP contribution in [0.3, 0.4) is 0 Å². The molecule has 8 nitrogen and oxygen atoms in total. The number of benzene rings is 2. The van der Waals surface area contributed by atoms with E-state index in [1.54, 1.807) is 54.5 Å². The molecule has 158 valence electrons. The first-order valence-corrected chi connectivity index (χ1v) is 10.6. The van der Waals surface area contributed by atoms with Gasteiger partial charge in [0.05, 0.1) is 27.1 Å². The molecule has 0 saturated heterocycles. The molecule has 1 amide bonds. The third kappa shape index (κ3) is 6.95. The summed E-state index contributed by atoms with van der Waals surface area (Å²) in [5, 5.41) is 0. The molecule has 0 fully saturated rings. The van der Waals surface area contributed by atoms with Gasteiger partial charge in [-0.2, -0.15) is 8.42 Å². The van der Waals surface area contributed by atoms with E-state index >= 15 is 0 Å². The highest BCUT2D eigenvalue weighted by molar-refractivity contribution is 7.86. The lowest BCUT2D eigenvalue weighted by molar-refractivity contribution is 0.0679. The summed E-state index contributed by atoms with van der Waals surface area (Å²) >= 11 is 0. The van der Waals surface area contributed by atoms with E-state index in [2.05, 4.69) is 0 Å². The van der Waals surface area contributed by atoms with Crippen molar-refractivity contribution in [2.24, 2.45) is 0 Å². The van der Waals surface area contributed by atoms with Crippen LogP contribution in [-0.2, 0) is 21.4 Å². The summed E-state index contributed by atoms with van der Waals surface area (Å²) in [6.07, 6.45) is 0.981. The third-order valence-electron chi connectivity index (χ3n) is 4.00. The first-order valence-electron chi connectivity index (χ1n) is 8.75. The summed E-state index contributed by atoms with van der Waals surface area (Å²) in [5.41, 5.74) is 1.24. The van der Waals surface area contributed by atoms with Crippen LogP contribution in [0, 0.1) is 0 Å². The van der Waals surface area contributed by atoms with E-state index in [-0.39, 0.29) is 11.7 Å². The van der Waals surface area contributed by atoms with Gasteiger partial charge in [0, 0.05) is 31.8 Å². The van der Waals surface area contributed by atoms with Crippen molar-refractivity contribution in [3.8, 4) is 17.2 Å². The quantitative estimate of drug-likeness (QED) is 0.542. The van der Waals surface area contributed by atoms with Crippen molar-refractivity contribution in [2.75, 3.05) is 40.7 Å². The Morgan fingerprint density at radius 2 is 1.52 bits per heavy atom. The van der Waals surface area contributed by atoms with Gasteiger partial charge in [-0.15, -0.1) is 0 Å². The molecule has 2 aromatic carbocycles. The van der Waals surface area contributed by atoms with Crippen molar-refractivity contribution >= 4 is 16.0 Å². The maximum atomic E-state index is 13.1. The Labute approximate surface area is 171 Å². The minimum atomic E-state index is -3.59. The molecule has 0 aliphatic carbocycles. The van der Waals surface area contributed by atoms with Gasteiger partial charge in [-0.1, -0.05) is 12.1 Å². The second-order valence-corrected chi connectivity index (χ2v) is 7.83. The summed E-state index contributed by atoms with van der Waals surface area (Å²) in [5.74, 6) is 1.03. The Bertz CT molecular complexity index is 904. The SMILES string of the molecule is COCCN(Cc1ccc(OS(C)(=O)=O)cc1)C(=O)c1cc(OC)cc(OC)c1. The molecule has 0 atom stereocenters. The number of nitrogens with zero attached hydrogens (tertiary/aromatic N) is 1. The molecule has 2 rings (SSSR count). The largest absolute Gasteiger partial charge is 0.497 e. The van der Waals surface area contributed by atoms with E-state index in [4.69, 9.17) is 18.4 Å². The van der Waals surface area contributed by atoms with E-state index in [0.717, 1.165) is 11.8 Å². The monoisotopic (exact) mass is 423 g/mol. The fraction of sp³-hybridized carbons (Fsp3) is 0.350. The van der Waals surface area contributed by atoms with Crippen LogP contribution in [0.15, 0.2) is 42.5 Å². The average Bonchev–Trinajstić information content (AvgIpc) is 2.70. The number of carbonyl (C=O) groups excluding carboxylic acids is 1. The van der Waals surface area contributed by atoms with Gasteiger partial charge < -0.3 is 23.3 Å². The van der Waals surface area contributed by atoms with Crippen molar-refractivity contribution in [1.82, 2.24) is 4.90 Å². The summed E-state index contributed by atoms with van der Waals surface area (Å²) < 4.78 is 42.9. The van der Waals surface area contributed by atoms with Gasteiger partial charge in [-0.3, -0.25) is 4.79 Å². The number of hydrogen-bond donors (Lipinski definition) is 0. The van der Waals surface area contributed by atoms with E-state index in [0.29, 0.717) is 36.8 Å². The Morgan fingerprint density at radius 3 is 2.00 bits per heavy atom. The smallest absolute Gasteiger partial charge is 0.306 e. The number of rotatable bonds is 10. The zero-order chi connectivity index (χ0) is 21.4. The van der Waals surface area contributed by atoms with Crippen LogP contribution in [0.2, 0.25) is 0 Å². The van der Waals surface area contributed by atoms with E-state index in [1.807, 2.05) is 0 Å². The van der Waals surface area contributed by atoms with Gasteiger partial charge in [-0.25, -0.2) is 0 Å². The molecule has 0 bridgehead atoms. The molecule has 0 aromatic heterocycles. The molecule has 0 heterocycles. The van der Waals surface area contributed by atoms with Gasteiger partial charge in [0.1, 0.15) is 17.2 Å². The van der Waals surface area contributed by atoms with Crippen LogP contribution in [0.25, 0.3) is 0 Å². The standard InChI is InChI=1S/C20H25NO7S/c1-25-10-9-21(14-15-5-7-17(8-6-15)28-29(4,23)24)20(22)16-11-18(26-2)13-19(12-16)27-3/h5-8,11-13H,9-10,14H2,1-4H3. The van der Waals surface area contributed by atoms with Crippen molar-refractivity contribution in [2.45, 2.75) is 6.54 Å². The number of methoxy groups -OCH3 is 3. The minimum absolute atomic E-state index is 0.212. The number of ether oxygens (including phenoxy) is 3. The first kappa shape index (κ1) is 22.5.